The van der Waals surface area contributed by atoms with Gasteiger partial charge in [-0.05, 0) is 19.3 Å². The number of nitrogens with zero attached hydrogens (tertiary/aromatic N) is 1. The Kier molecular flexibility index (Phi) is 3.17. The third-order valence-corrected chi connectivity index (χ3v) is 3.71. The van der Waals surface area contributed by atoms with Gasteiger partial charge in [0.05, 0.1) is 0 Å². The molecule has 94 valence electrons. The lowest BCUT2D eigenvalue weighted by molar-refractivity contribution is -0.153. The van der Waals surface area contributed by atoms with E-state index in [2.05, 4.69) is 5.32 Å². The third kappa shape index (κ3) is 1.83. The molecule has 0 aromatic heterocycles. The average molecular weight is 238 g/mol. The predicted octanol–water partition coefficient (Wildman–Crippen LogP) is 1.43. The summed E-state index contributed by atoms with van der Waals surface area (Å²) in [6, 6.07) is -0.557. The summed E-state index contributed by atoms with van der Waals surface area (Å²) in [6.07, 6.45) is 4.68. The molecule has 5 heteroatoms. The summed E-state index contributed by atoms with van der Waals surface area (Å²) in [4.78, 5) is 37.1. The van der Waals surface area contributed by atoms with Crippen LogP contribution < -0.4 is 5.32 Å². The summed E-state index contributed by atoms with van der Waals surface area (Å²) in [6.45, 7) is 2.30. The van der Waals surface area contributed by atoms with Crippen molar-refractivity contribution in [2.24, 2.45) is 5.41 Å². The Morgan fingerprint density at radius 3 is 2.41 bits per heavy atom. The minimum atomic E-state index is -0.957. The van der Waals surface area contributed by atoms with Gasteiger partial charge in [0.25, 0.3) is 0 Å². The number of urea groups is 1. The predicted molar refractivity (Wildman–Crippen MR) is 61.1 cm³/mol. The number of rotatable bonds is 2. The van der Waals surface area contributed by atoms with Crippen molar-refractivity contribution < 1.29 is 14.4 Å². The molecule has 1 heterocycles. The lowest BCUT2D eigenvalue weighted by Gasteiger charge is -2.41. The van der Waals surface area contributed by atoms with Crippen molar-refractivity contribution in [1.82, 2.24) is 10.2 Å². The highest BCUT2D eigenvalue weighted by molar-refractivity contribution is 6.19. The zero-order valence-electron chi connectivity index (χ0n) is 10.1. The second-order valence-electron chi connectivity index (χ2n) is 4.86. The number of carbonyl (C=O) groups is 3. The van der Waals surface area contributed by atoms with Crippen LogP contribution in [-0.4, -0.2) is 29.3 Å². The average Bonchev–Trinajstić information content (AvgIpc) is 2.34. The van der Waals surface area contributed by atoms with E-state index in [0.29, 0.717) is 25.8 Å². The number of barbiturate groups is 1. The van der Waals surface area contributed by atoms with E-state index in [1.165, 1.54) is 4.90 Å². The van der Waals surface area contributed by atoms with Crippen LogP contribution in [-0.2, 0) is 9.59 Å². The molecule has 1 spiro atoms. The molecular formula is C12H18N2O3. The highest BCUT2D eigenvalue weighted by atomic mass is 16.2. The Balaban J connectivity index is 2.28. The van der Waals surface area contributed by atoms with Crippen LogP contribution in [0.2, 0.25) is 0 Å². The molecule has 4 amide bonds. The summed E-state index contributed by atoms with van der Waals surface area (Å²) in [5, 5.41) is 2.33. The van der Waals surface area contributed by atoms with Crippen molar-refractivity contribution in [3.8, 4) is 0 Å². The minimum absolute atomic E-state index is 0.284. The lowest BCUT2D eigenvalue weighted by Crippen LogP contribution is -2.64. The maximum atomic E-state index is 12.4. The van der Waals surface area contributed by atoms with Gasteiger partial charge in [-0.3, -0.25) is 19.8 Å². The van der Waals surface area contributed by atoms with E-state index in [0.717, 1.165) is 19.3 Å². The van der Waals surface area contributed by atoms with Crippen LogP contribution in [0.4, 0.5) is 4.79 Å². The fourth-order valence-electron chi connectivity index (χ4n) is 2.75. The Hall–Kier alpha value is -1.39. The van der Waals surface area contributed by atoms with Crippen molar-refractivity contribution in [3.63, 3.8) is 0 Å². The number of nitrogens with one attached hydrogen (secondary N) is 1. The number of imide groups is 2. The molecular weight excluding hydrogens is 220 g/mol. The number of hydrogen-bond acceptors (Lipinski definition) is 3. The number of hydrogen-bond donors (Lipinski definition) is 1. The van der Waals surface area contributed by atoms with Crippen LogP contribution in [0.3, 0.4) is 0 Å². The Morgan fingerprint density at radius 1 is 1.18 bits per heavy atom. The van der Waals surface area contributed by atoms with Gasteiger partial charge in [-0.15, -0.1) is 0 Å². The first kappa shape index (κ1) is 12.1. The van der Waals surface area contributed by atoms with E-state index < -0.39 is 11.4 Å². The van der Waals surface area contributed by atoms with Gasteiger partial charge in [0.1, 0.15) is 5.41 Å². The smallest absolute Gasteiger partial charge is 0.277 e. The van der Waals surface area contributed by atoms with E-state index in [-0.39, 0.29) is 11.8 Å². The summed E-state index contributed by atoms with van der Waals surface area (Å²) in [5.74, 6) is -0.674. The highest BCUT2D eigenvalue weighted by Gasteiger charge is 2.53. The molecule has 0 aromatic carbocycles. The SMILES string of the molecule is CCCN1C(=O)NC(=O)C2(CCCCC2)C1=O. The summed E-state index contributed by atoms with van der Waals surface area (Å²) >= 11 is 0. The van der Waals surface area contributed by atoms with Crippen molar-refractivity contribution in [1.29, 1.82) is 0 Å². The highest BCUT2D eigenvalue weighted by Crippen LogP contribution is 2.40. The molecule has 0 bridgehead atoms. The van der Waals surface area contributed by atoms with Crippen LogP contribution in [0, 0.1) is 5.41 Å². The molecule has 0 aromatic rings. The lowest BCUT2D eigenvalue weighted by atomic mass is 9.71. The molecule has 1 aliphatic carbocycles. The quantitative estimate of drug-likeness (QED) is 0.740. The molecule has 1 saturated heterocycles. The first-order valence-electron chi connectivity index (χ1n) is 6.29. The standard InChI is InChI=1S/C12H18N2O3/c1-2-8-14-10(16)12(6-4-3-5-7-12)9(15)13-11(14)17/h2-8H2,1H3,(H,13,15,17). The molecule has 0 unspecified atom stereocenters. The molecule has 17 heavy (non-hydrogen) atoms. The number of carbonyl (C=O) groups excluding carboxylic acids is 3. The van der Waals surface area contributed by atoms with E-state index in [1.54, 1.807) is 0 Å². The topological polar surface area (TPSA) is 66.5 Å². The molecule has 1 saturated carbocycles. The van der Waals surface area contributed by atoms with Crippen LogP contribution in [0.25, 0.3) is 0 Å². The number of amides is 4. The van der Waals surface area contributed by atoms with Crippen molar-refractivity contribution >= 4 is 17.8 Å². The van der Waals surface area contributed by atoms with Crippen LogP contribution in [0.1, 0.15) is 45.4 Å². The van der Waals surface area contributed by atoms with Crippen molar-refractivity contribution in [3.05, 3.63) is 0 Å². The van der Waals surface area contributed by atoms with E-state index in [4.69, 9.17) is 0 Å². The van der Waals surface area contributed by atoms with Gasteiger partial charge in [0.2, 0.25) is 11.8 Å². The molecule has 2 fully saturated rings. The van der Waals surface area contributed by atoms with Crippen LogP contribution in [0.15, 0.2) is 0 Å². The fraction of sp³-hybridized carbons (Fsp3) is 0.750. The molecule has 0 atom stereocenters. The van der Waals surface area contributed by atoms with Crippen LogP contribution in [0.5, 0.6) is 0 Å². The fourth-order valence-corrected chi connectivity index (χ4v) is 2.75. The molecule has 2 aliphatic rings. The maximum absolute atomic E-state index is 12.4. The maximum Gasteiger partial charge on any atom is 0.330 e. The normalized spacial score (nSPS) is 24.1. The van der Waals surface area contributed by atoms with Gasteiger partial charge in [0, 0.05) is 6.54 Å². The van der Waals surface area contributed by atoms with Gasteiger partial charge >= 0.3 is 6.03 Å². The second kappa shape index (κ2) is 4.47. The summed E-state index contributed by atoms with van der Waals surface area (Å²) in [5.41, 5.74) is -0.957. The van der Waals surface area contributed by atoms with Crippen molar-refractivity contribution in [2.75, 3.05) is 6.54 Å². The van der Waals surface area contributed by atoms with E-state index in [1.807, 2.05) is 6.92 Å². The Bertz CT molecular complexity index is 359. The molecule has 0 radical (unpaired) electrons. The minimum Gasteiger partial charge on any atom is -0.277 e. The molecule has 1 aliphatic heterocycles. The van der Waals surface area contributed by atoms with Gasteiger partial charge in [-0.1, -0.05) is 26.2 Å². The monoisotopic (exact) mass is 238 g/mol. The molecule has 5 nitrogen and oxygen atoms in total. The zero-order valence-corrected chi connectivity index (χ0v) is 10.1. The van der Waals surface area contributed by atoms with Gasteiger partial charge < -0.3 is 0 Å². The molecule has 2 rings (SSSR count). The Labute approximate surface area is 101 Å². The summed E-state index contributed by atoms with van der Waals surface area (Å²) < 4.78 is 0. The second-order valence-corrected chi connectivity index (χ2v) is 4.86. The van der Waals surface area contributed by atoms with Crippen LogP contribution >= 0.6 is 0 Å². The first-order chi connectivity index (χ1) is 8.12. The van der Waals surface area contributed by atoms with E-state index in [9.17, 15) is 14.4 Å². The van der Waals surface area contributed by atoms with Gasteiger partial charge in [0.15, 0.2) is 0 Å². The first-order valence-corrected chi connectivity index (χ1v) is 6.29. The summed E-state index contributed by atoms with van der Waals surface area (Å²) in [7, 11) is 0. The van der Waals surface area contributed by atoms with Gasteiger partial charge in [-0.2, -0.15) is 0 Å². The third-order valence-electron chi connectivity index (χ3n) is 3.71. The molecule has 1 N–H and O–H groups in total. The Morgan fingerprint density at radius 2 is 1.82 bits per heavy atom. The van der Waals surface area contributed by atoms with E-state index >= 15 is 0 Å². The zero-order chi connectivity index (χ0) is 12.5. The van der Waals surface area contributed by atoms with Gasteiger partial charge in [-0.25, -0.2) is 4.79 Å². The largest absolute Gasteiger partial charge is 0.330 e. The van der Waals surface area contributed by atoms with Crippen molar-refractivity contribution in [2.45, 2.75) is 45.4 Å².